The highest BCUT2D eigenvalue weighted by molar-refractivity contribution is 6.32. The Morgan fingerprint density at radius 3 is 2.44 bits per heavy atom. The summed E-state index contributed by atoms with van der Waals surface area (Å²) < 4.78 is 10.9. The molecular formula is C20H21ClN2O4. The van der Waals surface area contributed by atoms with Gasteiger partial charge in [0.25, 0.3) is 0 Å². The average Bonchev–Trinajstić information content (AvgIpc) is 2.70. The summed E-state index contributed by atoms with van der Waals surface area (Å²) in [4.78, 5) is 25.9. The van der Waals surface area contributed by atoms with E-state index in [0.29, 0.717) is 48.5 Å². The summed E-state index contributed by atoms with van der Waals surface area (Å²) in [5.41, 5.74) is 0.644. The Bertz CT molecular complexity index is 789. The standard InChI is InChI=1S/C20H21ClN2O4/c21-17-3-1-2-4-18(17)27-16-7-5-15(6-8-16)22-19(24)9-10-20(25)23-11-13-26-14-12-23/h1-8H,9-14H2,(H,22,24). The monoisotopic (exact) mass is 388 g/mol. The van der Waals surface area contributed by atoms with Gasteiger partial charge in [-0.05, 0) is 36.4 Å². The minimum absolute atomic E-state index is 0.0167. The van der Waals surface area contributed by atoms with Crippen molar-refractivity contribution in [3.8, 4) is 11.5 Å². The second-order valence-electron chi connectivity index (χ2n) is 6.10. The molecule has 1 aliphatic rings. The predicted molar refractivity (Wildman–Crippen MR) is 103 cm³/mol. The van der Waals surface area contributed by atoms with E-state index in [1.54, 1.807) is 41.3 Å². The maximum absolute atomic E-state index is 12.1. The number of hydrogen-bond donors (Lipinski definition) is 1. The van der Waals surface area contributed by atoms with Gasteiger partial charge in [0, 0.05) is 31.6 Å². The number of ether oxygens (including phenoxy) is 2. The smallest absolute Gasteiger partial charge is 0.224 e. The summed E-state index contributed by atoms with van der Waals surface area (Å²) in [6.45, 7) is 2.29. The lowest BCUT2D eigenvalue weighted by atomic mass is 10.2. The van der Waals surface area contributed by atoms with Gasteiger partial charge in [0.1, 0.15) is 11.5 Å². The molecular weight excluding hydrogens is 368 g/mol. The lowest BCUT2D eigenvalue weighted by molar-refractivity contribution is -0.136. The van der Waals surface area contributed by atoms with Crippen molar-refractivity contribution in [3.63, 3.8) is 0 Å². The third-order valence-electron chi connectivity index (χ3n) is 4.13. The molecule has 7 heteroatoms. The van der Waals surface area contributed by atoms with E-state index in [1.807, 2.05) is 12.1 Å². The number of carbonyl (C=O) groups excluding carboxylic acids is 2. The highest BCUT2D eigenvalue weighted by Crippen LogP contribution is 2.29. The van der Waals surface area contributed by atoms with Crippen LogP contribution in [0.2, 0.25) is 5.02 Å². The van der Waals surface area contributed by atoms with Crippen LogP contribution in [-0.2, 0) is 14.3 Å². The van der Waals surface area contributed by atoms with Crippen molar-refractivity contribution >= 4 is 29.1 Å². The number of amides is 2. The first-order valence-corrected chi connectivity index (χ1v) is 9.17. The molecule has 1 N–H and O–H groups in total. The van der Waals surface area contributed by atoms with Gasteiger partial charge in [0.05, 0.1) is 18.2 Å². The molecule has 2 aromatic carbocycles. The topological polar surface area (TPSA) is 67.9 Å². The zero-order valence-electron chi connectivity index (χ0n) is 14.8. The van der Waals surface area contributed by atoms with Crippen LogP contribution in [0.3, 0.4) is 0 Å². The Balaban J connectivity index is 1.47. The Labute approximate surface area is 163 Å². The summed E-state index contributed by atoms with van der Waals surface area (Å²) in [6.07, 6.45) is 0.341. The maximum atomic E-state index is 12.1. The first-order valence-electron chi connectivity index (χ1n) is 8.79. The fourth-order valence-corrected chi connectivity index (χ4v) is 2.85. The second-order valence-corrected chi connectivity index (χ2v) is 6.51. The number of rotatable bonds is 6. The summed E-state index contributed by atoms with van der Waals surface area (Å²) >= 11 is 6.07. The largest absolute Gasteiger partial charge is 0.456 e. The van der Waals surface area contributed by atoms with Gasteiger partial charge in [-0.1, -0.05) is 23.7 Å². The van der Waals surface area contributed by atoms with E-state index in [0.717, 1.165) is 0 Å². The molecule has 1 aliphatic heterocycles. The van der Waals surface area contributed by atoms with E-state index in [4.69, 9.17) is 21.1 Å². The van der Waals surface area contributed by atoms with E-state index >= 15 is 0 Å². The molecule has 0 radical (unpaired) electrons. The molecule has 0 atom stereocenters. The Kier molecular flexibility index (Phi) is 6.68. The van der Waals surface area contributed by atoms with E-state index < -0.39 is 0 Å². The number of halogens is 1. The van der Waals surface area contributed by atoms with Crippen molar-refractivity contribution in [1.82, 2.24) is 4.90 Å². The van der Waals surface area contributed by atoms with Crippen molar-refractivity contribution in [3.05, 3.63) is 53.6 Å². The third-order valence-corrected chi connectivity index (χ3v) is 4.44. The minimum atomic E-state index is -0.198. The Hall–Kier alpha value is -2.57. The number of anilines is 1. The second kappa shape index (κ2) is 9.39. The van der Waals surface area contributed by atoms with Crippen LogP contribution >= 0.6 is 11.6 Å². The van der Waals surface area contributed by atoms with Crippen LogP contribution in [0.4, 0.5) is 5.69 Å². The van der Waals surface area contributed by atoms with Gasteiger partial charge in [-0.25, -0.2) is 0 Å². The van der Waals surface area contributed by atoms with Crippen LogP contribution in [0.5, 0.6) is 11.5 Å². The number of morpholine rings is 1. The molecule has 142 valence electrons. The molecule has 0 saturated carbocycles. The molecule has 0 spiro atoms. The maximum Gasteiger partial charge on any atom is 0.224 e. The lowest BCUT2D eigenvalue weighted by Crippen LogP contribution is -2.40. The number of benzene rings is 2. The third kappa shape index (κ3) is 5.70. The number of hydrogen-bond acceptors (Lipinski definition) is 4. The SMILES string of the molecule is O=C(CCC(=O)N1CCOCC1)Nc1ccc(Oc2ccccc2Cl)cc1. The van der Waals surface area contributed by atoms with Gasteiger partial charge in [0.15, 0.2) is 0 Å². The molecule has 0 aliphatic carbocycles. The molecule has 3 rings (SSSR count). The number of nitrogens with zero attached hydrogens (tertiary/aromatic N) is 1. The highest BCUT2D eigenvalue weighted by atomic mass is 35.5. The van der Waals surface area contributed by atoms with Crippen LogP contribution < -0.4 is 10.1 Å². The Morgan fingerprint density at radius 1 is 1.04 bits per heavy atom. The summed E-state index contributed by atoms with van der Waals surface area (Å²) in [5, 5.41) is 3.31. The first kappa shape index (κ1) is 19.2. The quantitative estimate of drug-likeness (QED) is 0.819. The molecule has 6 nitrogen and oxygen atoms in total. The van der Waals surface area contributed by atoms with Crippen LogP contribution in [0.15, 0.2) is 48.5 Å². The fraction of sp³-hybridized carbons (Fsp3) is 0.300. The average molecular weight is 389 g/mol. The van der Waals surface area contributed by atoms with Crippen LogP contribution in [0, 0.1) is 0 Å². The van der Waals surface area contributed by atoms with Gasteiger partial charge >= 0.3 is 0 Å². The molecule has 27 heavy (non-hydrogen) atoms. The fourth-order valence-electron chi connectivity index (χ4n) is 2.68. The molecule has 2 aromatic rings. The van der Waals surface area contributed by atoms with Gasteiger partial charge < -0.3 is 19.7 Å². The molecule has 1 saturated heterocycles. The lowest BCUT2D eigenvalue weighted by Gasteiger charge is -2.26. The van der Waals surface area contributed by atoms with Gasteiger partial charge in [-0.15, -0.1) is 0 Å². The molecule has 0 unspecified atom stereocenters. The van der Waals surface area contributed by atoms with E-state index in [-0.39, 0.29) is 24.7 Å². The van der Waals surface area contributed by atoms with Crippen molar-refractivity contribution in [2.75, 3.05) is 31.6 Å². The molecule has 0 bridgehead atoms. The van der Waals surface area contributed by atoms with E-state index in [2.05, 4.69) is 5.32 Å². The number of nitrogens with one attached hydrogen (secondary N) is 1. The summed E-state index contributed by atoms with van der Waals surface area (Å²) in [5.74, 6) is 0.967. The van der Waals surface area contributed by atoms with E-state index in [9.17, 15) is 9.59 Å². The minimum Gasteiger partial charge on any atom is -0.456 e. The van der Waals surface area contributed by atoms with Crippen molar-refractivity contribution in [2.24, 2.45) is 0 Å². The van der Waals surface area contributed by atoms with Crippen molar-refractivity contribution in [2.45, 2.75) is 12.8 Å². The number of carbonyl (C=O) groups is 2. The zero-order valence-corrected chi connectivity index (χ0v) is 15.6. The molecule has 2 amide bonds. The summed E-state index contributed by atoms with van der Waals surface area (Å²) in [7, 11) is 0. The van der Waals surface area contributed by atoms with Crippen LogP contribution in [0.25, 0.3) is 0 Å². The van der Waals surface area contributed by atoms with Crippen LogP contribution in [0.1, 0.15) is 12.8 Å². The zero-order chi connectivity index (χ0) is 19.1. The normalized spacial score (nSPS) is 13.9. The van der Waals surface area contributed by atoms with Crippen molar-refractivity contribution in [1.29, 1.82) is 0 Å². The predicted octanol–water partition coefficient (Wildman–Crippen LogP) is 3.71. The Morgan fingerprint density at radius 2 is 1.74 bits per heavy atom. The number of para-hydroxylation sites is 1. The van der Waals surface area contributed by atoms with E-state index in [1.165, 1.54) is 0 Å². The summed E-state index contributed by atoms with van der Waals surface area (Å²) in [6, 6.07) is 14.2. The first-order chi connectivity index (χ1) is 13.1. The molecule has 1 fully saturated rings. The van der Waals surface area contributed by atoms with Crippen LogP contribution in [-0.4, -0.2) is 43.0 Å². The molecule has 1 heterocycles. The molecule has 0 aromatic heterocycles. The van der Waals surface area contributed by atoms with Crippen molar-refractivity contribution < 1.29 is 19.1 Å². The van der Waals surface area contributed by atoms with Gasteiger partial charge in [0.2, 0.25) is 11.8 Å². The van der Waals surface area contributed by atoms with Gasteiger partial charge in [-0.2, -0.15) is 0 Å². The van der Waals surface area contributed by atoms with Gasteiger partial charge in [-0.3, -0.25) is 9.59 Å². The highest BCUT2D eigenvalue weighted by Gasteiger charge is 2.17.